The summed E-state index contributed by atoms with van der Waals surface area (Å²) < 4.78 is 4.99. The molecule has 1 aliphatic rings. The van der Waals surface area contributed by atoms with Gasteiger partial charge in [-0.3, -0.25) is 14.4 Å². The summed E-state index contributed by atoms with van der Waals surface area (Å²) in [6, 6.07) is 9.39. The Balaban J connectivity index is 1.45. The molecular weight excluding hydrogens is 390 g/mol. The summed E-state index contributed by atoms with van der Waals surface area (Å²) in [6.07, 6.45) is 3.17. The van der Waals surface area contributed by atoms with E-state index in [1.54, 1.807) is 6.07 Å². The topological polar surface area (TPSA) is 72.5 Å². The largest absolute Gasteiger partial charge is 0.456 e. The van der Waals surface area contributed by atoms with E-state index in [-0.39, 0.29) is 18.6 Å². The van der Waals surface area contributed by atoms with Crippen molar-refractivity contribution >= 4 is 34.9 Å². The monoisotopic (exact) mass is 413 g/mol. The lowest BCUT2D eigenvalue weighted by molar-refractivity contribution is -0.147. The van der Waals surface area contributed by atoms with Gasteiger partial charge in [-0.05, 0) is 67.5 Å². The average molecular weight is 414 g/mol. The summed E-state index contributed by atoms with van der Waals surface area (Å²) in [4.78, 5) is 36.3. The van der Waals surface area contributed by atoms with Gasteiger partial charge in [-0.15, -0.1) is 0 Å². The minimum Gasteiger partial charge on any atom is -0.456 e. The Kier molecular flexibility index (Phi) is 6.70. The zero-order valence-electron chi connectivity index (χ0n) is 16.6. The second-order valence-corrected chi connectivity index (χ2v) is 7.81. The number of hydrogen-bond donors (Lipinski definition) is 1. The fourth-order valence-electron chi connectivity index (χ4n) is 3.57. The number of carbonyl (C=O) groups is 3. The van der Waals surface area contributed by atoms with Crippen molar-refractivity contribution in [2.24, 2.45) is 0 Å². The average Bonchev–Trinajstić information content (AvgIpc) is 3.15. The molecule has 0 aromatic heterocycles. The summed E-state index contributed by atoms with van der Waals surface area (Å²) in [5.74, 6) is -1.15. The van der Waals surface area contributed by atoms with E-state index in [9.17, 15) is 14.4 Å². The Morgan fingerprint density at radius 1 is 1.03 bits per heavy atom. The molecule has 1 amide bonds. The molecule has 2 aromatic rings. The predicted molar refractivity (Wildman–Crippen MR) is 113 cm³/mol. The maximum atomic E-state index is 12.3. The van der Waals surface area contributed by atoms with Crippen LogP contribution >= 0.6 is 11.6 Å². The first-order valence-corrected chi connectivity index (χ1v) is 10.1. The molecule has 29 heavy (non-hydrogen) atoms. The van der Waals surface area contributed by atoms with Gasteiger partial charge in [-0.2, -0.15) is 0 Å². The van der Waals surface area contributed by atoms with Crippen molar-refractivity contribution in [3.05, 3.63) is 63.2 Å². The molecule has 0 atom stereocenters. The summed E-state index contributed by atoms with van der Waals surface area (Å²) in [5, 5.41) is 3.09. The third-order valence-corrected chi connectivity index (χ3v) is 5.34. The number of carbonyl (C=O) groups excluding carboxylic acids is 3. The van der Waals surface area contributed by atoms with Crippen LogP contribution in [0.3, 0.4) is 0 Å². The van der Waals surface area contributed by atoms with Crippen molar-refractivity contribution in [3.8, 4) is 0 Å². The van der Waals surface area contributed by atoms with Crippen LogP contribution in [0.5, 0.6) is 0 Å². The van der Waals surface area contributed by atoms with Crippen LogP contribution in [0, 0.1) is 13.8 Å². The number of benzene rings is 2. The van der Waals surface area contributed by atoms with Crippen molar-refractivity contribution in [2.45, 2.75) is 46.0 Å². The Morgan fingerprint density at radius 3 is 2.55 bits per heavy atom. The zero-order valence-corrected chi connectivity index (χ0v) is 17.4. The van der Waals surface area contributed by atoms with Gasteiger partial charge in [0.05, 0.1) is 17.1 Å². The van der Waals surface area contributed by atoms with Gasteiger partial charge >= 0.3 is 5.97 Å². The number of halogens is 1. The van der Waals surface area contributed by atoms with E-state index in [1.807, 2.05) is 38.1 Å². The van der Waals surface area contributed by atoms with Crippen LogP contribution in [0.4, 0.5) is 5.69 Å². The third-order valence-electron chi connectivity index (χ3n) is 5.04. The van der Waals surface area contributed by atoms with E-state index in [2.05, 4.69) is 5.32 Å². The molecule has 5 nitrogen and oxygen atoms in total. The van der Waals surface area contributed by atoms with Crippen molar-refractivity contribution < 1.29 is 19.1 Å². The second kappa shape index (κ2) is 9.23. The number of esters is 1. The van der Waals surface area contributed by atoms with Crippen molar-refractivity contribution in [1.82, 2.24) is 0 Å². The molecule has 0 saturated carbocycles. The third kappa shape index (κ3) is 5.45. The number of hydrogen-bond acceptors (Lipinski definition) is 4. The highest BCUT2D eigenvalue weighted by atomic mass is 35.5. The van der Waals surface area contributed by atoms with Gasteiger partial charge in [0.1, 0.15) is 0 Å². The number of ether oxygens (including phenoxy) is 1. The van der Waals surface area contributed by atoms with Gasteiger partial charge in [-0.25, -0.2) is 0 Å². The molecule has 0 unspecified atom stereocenters. The van der Waals surface area contributed by atoms with Gasteiger partial charge < -0.3 is 10.1 Å². The first-order valence-electron chi connectivity index (χ1n) is 9.70. The lowest BCUT2D eigenvalue weighted by Crippen LogP contribution is -2.21. The first kappa shape index (κ1) is 21.1. The Labute approximate surface area is 175 Å². The van der Waals surface area contributed by atoms with E-state index in [1.165, 1.54) is 11.1 Å². The number of aryl methyl sites for hydroxylation is 4. The van der Waals surface area contributed by atoms with Crippen molar-refractivity contribution in [3.63, 3.8) is 0 Å². The molecule has 0 heterocycles. The minimum atomic E-state index is -0.582. The molecule has 2 aromatic carbocycles. The van der Waals surface area contributed by atoms with Gasteiger partial charge in [0, 0.05) is 12.0 Å². The van der Waals surface area contributed by atoms with Crippen LogP contribution in [-0.2, 0) is 27.2 Å². The number of fused-ring (bicyclic) bond motifs is 1. The van der Waals surface area contributed by atoms with Gasteiger partial charge in [0.2, 0.25) is 0 Å². The molecule has 0 spiro atoms. The Hall–Kier alpha value is -2.66. The highest BCUT2D eigenvalue weighted by molar-refractivity contribution is 6.34. The Morgan fingerprint density at radius 2 is 1.79 bits per heavy atom. The fourth-order valence-corrected chi connectivity index (χ4v) is 3.94. The quantitative estimate of drug-likeness (QED) is 0.532. The molecule has 152 valence electrons. The highest BCUT2D eigenvalue weighted by Crippen LogP contribution is 2.27. The molecule has 3 rings (SSSR count). The van der Waals surface area contributed by atoms with E-state index in [4.69, 9.17) is 16.3 Å². The number of Topliss-reactive ketones (excluding diaryl/α,β-unsaturated/α-hetero) is 1. The van der Waals surface area contributed by atoms with Crippen LogP contribution < -0.4 is 5.32 Å². The van der Waals surface area contributed by atoms with Gasteiger partial charge in [0.25, 0.3) is 5.91 Å². The number of nitrogens with one attached hydrogen (secondary N) is 1. The summed E-state index contributed by atoms with van der Waals surface area (Å²) in [5.41, 5.74) is 5.47. The molecule has 1 aliphatic carbocycles. The standard InChI is InChI=1S/C23H24ClNO4/c1-14-10-15(2)23(19(24)11-14)25-21(27)13-29-22(28)9-8-20(26)18-7-6-16-4-3-5-17(16)12-18/h6-7,10-12H,3-5,8-9,13H2,1-2H3,(H,25,27). The van der Waals surface area contributed by atoms with Crippen LogP contribution in [-0.4, -0.2) is 24.3 Å². The smallest absolute Gasteiger partial charge is 0.306 e. The van der Waals surface area contributed by atoms with Crippen LogP contribution in [0.1, 0.15) is 51.9 Å². The van der Waals surface area contributed by atoms with Crippen LogP contribution in [0.15, 0.2) is 30.3 Å². The molecule has 0 saturated heterocycles. The number of anilines is 1. The number of rotatable bonds is 7. The van der Waals surface area contributed by atoms with Crippen molar-refractivity contribution in [1.29, 1.82) is 0 Å². The molecule has 6 heteroatoms. The van der Waals surface area contributed by atoms with Crippen LogP contribution in [0.25, 0.3) is 0 Å². The maximum Gasteiger partial charge on any atom is 0.306 e. The molecular formula is C23H24ClNO4. The summed E-state index contributed by atoms with van der Waals surface area (Å²) >= 11 is 6.16. The SMILES string of the molecule is Cc1cc(C)c(NC(=O)COC(=O)CCC(=O)c2ccc3c(c2)CCC3)c(Cl)c1. The fraction of sp³-hybridized carbons (Fsp3) is 0.348. The molecule has 0 fully saturated rings. The zero-order chi connectivity index (χ0) is 21.0. The molecule has 0 aliphatic heterocycles. The molecule has 0 bridgehead atoms. The lowest BCUT2D eigenvalue weighted by atomic mass is 10.0. The highest BCUT2D eigenvalue weighted by Gasteiger charge is 2.16. The predicted octanol–water partition coefficient (Wildman–Crippen LogP) is 4.59. The lowest BCUT2D eigenvalue weighted by Gasteiger charge is -2.11. The van der Waals surface area contributed by atoms with Gasteiger partial charge in [0.15, 0.2) is 12.4 Å². The number of ketones is 1. The van der Waals surface area contributed by atoms with Crippen LogP contribution in [0.2, 0.25) is 5.02 Å². The maximum absolute atomic E-state index is 12.3. The van der Waals surface area contributed by atoms with E-state index < -0.39 is 18.5 Å². The minimum absolute atomic E-state index is 0.0577. The summed E-state index contributed by atoms with van der Waals surface area (Å²) in [6.45, 7) is 3.33. The van der Waals surface area contributed by atoms with E-state index in [0.717, 1.165) is 30.4 Å². The molecule has 1 N–H and O–H groups in total. The van der Waals surface area contributed by atoms with E-state index in [0.29, 0.717) is 16.3 Å². The molecule has 0 radical (unpaired) electrons. The second-order valence-electron chi connectivity index (χ2n) is 7.41. The van der Waals surface area contributed by atoms with Gasteiger partial charge in [-0.1, -0.05) is 29.8 Å². The summed E-state index contributed by atoms with van der Waals surface area (Å²) in [7, 11) is 0. The first-order chi connectivity index (χ1) is 13.8. The van der Waals surface area contributed by atoms with Crippen molar-refractivity contribution in [2.75, 3.05) is 11.9 Å². The Bertz CT molecular complexity index is 944. The normalized spacial score (nSPS) is 12.4. The van der Waals surface area contributed by atoms with E-state index >= 15 is 0 Å². The number of amides is 1.